The first kappa shape index (κ1) is 28.7. The van der Waals surface area contributed by atoms with E-state index in [0.717, 1.165) is 35.5 Å². The molecule has 0 saturated carbocycles. The maximum atomic E-state index is 14.7. The Morgan fingerprint density at radius 3 is 2.60 bits per heavy atom. The number of rotatable bonds is 8. The molecule has 1 aromatic heterocycles. The summed E-state index contributed by atoms with van der Waals surface area (Å²) in [5.41, 5.74) is 2.18. The highest BCUT2D eigenvalue weighted by atomic mass is 28.4. The van der Waals surface area contributed by atoms with Gasteiger partial charge in [0.1, 0.15) is 0 Å². The second-order valence-electron chi connectivity index (χ2n) is 12.3. The van der Waals surface area contributed by atoms with Crippen molar-refractivity contribution in [1.82, 2.24) is 15.0 Å². The summed E-state index contributed by atoms with van der Waals surface area (Å²) in [6.45, 7) is 7.00. The van der Waals surface area contributed by atoms with Gasteiger partial charge in [-0.2, -0.15) is 0 Å². The first-order valence-electron chi connectivity index (χ1n) is 14.9. The molecule has 3 aliphatic rings. The number of carbonyl (C=O) groups excluding carboxylic acids is 2. The number of aliphatic hydroxyl groups excluding tert-OH is 1. The Morgan fingerprint density at radius 2 is 1.88 bits per heavy atom. The molecule has 0 radical (unpaired) electrons. The van der Waals surface area contributed by atoms with Crippen molar-refractivity contribution >= 4 is 37.2 Å². The number of piperidine rings is 1. The van der Waals surface area contributed by atoms with Gasteiger partial charge in [-0.25, -0.2) is 0 Å². The van der Waals surface area contributed by atoms with Gasteiger partial charge in [0, 0.05) is 67.1 Å². The number of aromatic nitrogens is 3. The summed E-state index contributed by atoms with van der Waals surface area (Å²) in [5, 5.41) is 17.6. The van der Waals surface area contributed by atoms with Crippen LogP contribution in [-0.2, 0) is 32.9 Å². The third-order valence-electron chi connectivity index (χ3n) is 9.12. The Morgan fingerprint density at radius 1 is 1.10 bits per heavy atom. The fourth-order valence-corrected chi connectivity index (χ4v) is 9.88. The van der Waals surface area contributed by atoms with Crippen LogP contribution in [0.4, 0.5) is 17.1 Å². The number of amides is 2. The zero-order chi connectivity index (χ0) is 29.6. The van der Waals surface area contributed by atoms with Crippen molar-refractivity contribution in [2.75, 3.05) is 23.0 Å². The molecule has 2 saturated heterocycles. The molecule has 10 nitrogen and oxygen atoms in total. The maximum absolute atomic E-state index is 14.7. The molecule has 1 spiro atoms. The molecule has 0 bridgehead atoms. The number of nitrogens with zero attached hydrogens (tertiary/aromatic N) is 5. The summed E-state index contributed by atoms with van der Waals surface area (Å²) in [5.74, 6) is -0.398. The number of hydrogen-bond donors (Lipinski definition) is 2. The Hall–Kier alpha value is -3.38. The molecular formula is C31H39N5O5Si. The highest BCUT2D eigenvalue weighted by Crippen LogP contribution is 2.61. The third-order valence-corrected chi connectivity index (χ3v) is 11.6. The van der Waals surface area contributed by atoms with Gasteiger partial charge in [0.15, 0.2) is 13.9 Å². The van der Waals surface area contributed by atoms with Crippen LogP contribution in [0.5, 0.6) is 0 Å². The van der Waals surface area contributed by atoms with Crippen LogP contribution in [0.25, 0.3) is 0 Å². The predicted octanol–water partition coefficient (Wildman–Crippen LogP) is 3.90. The van der Waals surface area contributed by atoms with E-state index >= 15 is 0 Å². The standard InChI is InChI=1S/C31H39N5O5Si/c1-21-29(42(2,3)40)27(14-17-34-20-22(15-18-37)32-33-34)41-31(21)25-19-24(35-16-8-7-11-28(35)38)12-13-26(25)36(30(31)39)23-9-5-4-6-10-23/h4-6,9-10,12-13,19-21,27,29,37,40H,7-8,11,14-18H2,1-3H3/t21-,27+,29-,31+/m0/s1. The number of para-hydroxylation sites is 1. The Bertz CT molecular complexity index is 1470. The van der Waals surface area contributed by atoms with E-state index in [0.29, 0.717) is 38.0 Å². The van der Waals surface area contributed by atoms with E-state index in [4.69, 9.17) is 4.74 Å². The molecule has 2 fully saturated rings. The van der Waals surface area contributed by atoms with Gasteiger partial charge in [-0.15, -0.1) is 5.10 Å². The summed E-state index contributed by atoms with van der Waals surface area (Å²) in [4.78, 5) is 42.8. The minimum Gasteiger partial charge on any atom is -0.432 e. The molecule has 0 unspecified atom stereocenters. The Labute approximate surface area is 247 Å². The van der Waals surface area contributed by atoms with Crippen LogP contribution in [0, 0.1) is 5.92 Å². The van der Waals surface area contributed by atoms with Crippen molar-refractivity contribution in [3.05, 3.63) is 66.0 Å². The van der Waals surface area contributed by atoms with Gasteiger partial charge in [0.05, 0.1) is 17.5 Å². The lowest BCUT2D eigenvalue weighted by Crippen LogP contribution is -2.45. The number of hydrogen-bond acceptors (Lipinski definition) is 7. The molecule has 6 rings (SSSR count). The highest BCUT2D eigenvalue weighted by molar-refractivity contribution is 6.71. The first-order valence-corrected chi connectivity index (χ1v) is 17.9. The molecule has 2 N–H and O–H groups in total. The summed E-state index contributed by atoms with van der Waals surface area (Å²) in [7, 11) is -2.84. The van der Waals surface area contributed by atoms with Crippen molar-refractivity contribution < 1.29 is 24.2 Å². The molecule has 3 aliphatic heterocycles. The Kier molecular flexibility index (Phi) is 7.54. The molecule has 0 aliphatic carbocycles. The average Bonchev–Trinajstić information content (AvgIpc) is 3.61. The highest BCUT2D eigenvalue weighted by Gasteiger charge is 2.66. The van der Waals surface area contributed by atoms with Crippen molar-refractivity contribution in [2.45, 2.75) is 75.9 Å². The maximum Gasteiger partial charge on any atom is 0.268 e. The van der Waals surface area contributed by atoms with Crippen molar-refractivity contribution in [1.29, 1.82) is 0 Å². The van der Waals surface area contributed by atoms with Crippen molar-refractivity contribution in [3.63, 3.8) is 0 Å². The fourth-order valence-electron chi connectivity index (χ4n) is 7.28. The zero-order valence-electron chi connectivity index (χ0n) is 24.4. The van der Waals surface area contributed by atoms with Gasteiger partial charge in [-0.3, -0.25) is 19.2 Å². The molecule has 222 valence electrons. The minimum atomic E-state index is -2.84. The quantitative estimate of drug-likeness (QED) is 0.383. The van der Waals surface area contributed by atoms with Gasteiger partial charge < -0.3 is 19.5 Å². The second kappa shape index (κ2) is 11.0. The molecule has 42 heavy (non-hydrogen) atoms. The molecule has 11 heteroatoms. The van der Waals surface area contributed by atoms with Crippen molar-refractivity contribution in [3.8, 4) is 0 Å². The monoisotopic (exact) mass is 589 g/mol. The van der Waals surface area contributed by atoms with E-state index in [1.807, 2.05) is 79.6 Å². The van der Waals surface area contributed by atoms with Crippen LogP contribution < -0.4 is 9.80 Å². The number of aliphatic hydroxyl groups is 1. The summed E-state index contributed by atoms with van der Waals surface area (Å²) in [6, 6.07) is 15.4. The smallest absolute Gasteiger partial charge is 0.268 e. The number of ether oxygens (including phenoxy) is 1. The summed E-state index contributed by atoms with van der Waals surface area (Å²) < 4.78 is 8.71. The third kappa shape index (κ3) is 4.78. The van der Waals surface area contributed by atoms with Gasteiger partial charge in [0.25, 0.3) is 5.91 Å². The topological polar surface area (TPSA) is 121 Å². The normalized spacial score (nSPS) is 26.0. The second-order valence-corrected chi connectivity index (χ2v) is 16.2. The zero-order valence-corrected chi connectivity index (χ0v) is 25.4. The fraction of sp³-hybridized carbons (Fsp3) is 0.484. The Balaban J connectivity index is 1.43. The van der Waals surface area contributed by atoms with Gasteiger partial charge >= 0.3 is 0 Å². The minimum absolute atomic E-state index is 0.00128. The summed E-state index contributed by atoms with van der Waals surface area (Å²) in [6.07, 6.45) is 4.72. The molecular weight excluding hydrogens is 550 g/mol. The molecule has 4 atom stereocenters. The van der Waals surface area contributed by atoms with Gasteiger partial charge in [-0.1, -0.05) is 30.3 Å². The van der Waals surface area contributed by atoms with Crippen LogP contribution in [-0.4, -0.2) is 64.3 Å². The van der Waals surface area contributed by atoms with E-state index in [1.165, 1.54) is 0 Å². The molecule has 2 aromatic carbocycles. The lowest BCUT2D eigenvalue weighted by Gasteiger charge is -2.33. The number of fused-ring (bicyclic) bond motifs is 2. The van der Waals surface area contributed by atoms with Crippen LogP contribution in [0.15, 0.2) is 54.7 Å². The van der Waals surface area contributed by atoms with Gasteiger partial charge in [0.2, 0.25) is 5.91 Å². The number of benzene rings is 2. The number of anilines is 3. The van der Waals surface area contributed by atoms with Crippen LogP contribution in [0.1, 0.15) is 43.9 Å². The molecule has 4 heterocycles. The van der Waals surface area contributed by atoms with Gasteiger partial charge in [-0.05, 0) is 62.7 Å². The van der Waals surface area contributed by atoms with E-state index in [1.54, 1.807) is 9.58 Å². The first-order chi connectivity index (χ1) is 20.1. The van der Waals surface area contributed by atoms with E-state index < -0.39 is 20.0 Å². The summed E-state index contributed by atoms with van der Waals surface area (Å²) >= 11 is 0. The van der Waals surface area contributed by atoms with Crippen LogP contribution >= 0.6 is 0 Å². The predicted molar refractivity (Wildman–Crippen MR) is 161 cm³/mol. The lowest BCUT2D eigenvalue weighted by molar-refractivity contribution is -0.145. The van der Waals surface area contributed by atoms with Crippen LogP contribution in [0.3, 0.4) is 0 Å². The average molecular weight is 590 g/mol. The van der Waals surface area contributed by atoms with Crippen LogP contribution in [0.2, 0.25) is 18.6 Å². The molecule has 3 aromatic rings. The van der Waals surface area contributed by atoms with Crippen molar-refractivity contribution in [2.24, 2.45) is 5.92 Å². The lowest BCUT2D eigenvalue weighted by atomic mass is 9.82. The SMILES string of the molecule is C[C@H]1[C@H]([Si](C)(C)O)[C@@H](CCn2cc(CCO)nn2)O[C@]12C(=O)N(c1ccccc1)c1ccc(N3CCCCC3=O)cc12. The van der Waals surface area contributed by atoms with E-state index in [2.05, 4.69) is 10.3 Å². The number of carbonyl (C=O) groups is 2. The van der Waals surface area contributed by atoms with E-state index in [-0.39, 0.29) is 29.9 Å². The van der Waals surface area contributed by atoms with E-state index in [9.17, 15) is 19.5 Å². The number of aryl methyl sites for hydroxylation is 1. The molecule has 2 amide bonds. The largest absolute Gasteiger partial charge is 0.432 e.